The van der Waals surface area contributed by atoms with Crippen LogP contribution in [0, 0.1) is 6.92 Å². The van der Waals surface area contributed by atoms with Crippen molar-refractivity contribution in [2.75, 3.05) is 7.05 Å². The van der Waals surface area contributed by atoms with Crippen LogP contribution < -0.4 is 5.32 Å². The number of benzene rings is 1. The van der Waals surface area contributed by atoms with E-state index in [0.717, 1.165) is 6.54 Å². The third kappa shape index (κ3) is 1.99. The second-order valence-electron chi connectivity index (χ2n) is 4.04. The molecule has 3 nitrogen and oxygen atoms in total. The summed E-state index contributed by atoms with van der Waals surface area (Å²) in [6.45, 7) is 2.94. The number of nitrogens with one attached hydrogen (secondary N) is 1. The van der Waals surface area contributed by atoms with E-state index in [1.165, 1.54) is 22.4 Å². The number of aromatic nitrogens is 2. The summed E-state index contributed by atoms with van der Waals surface area (Å²) in [6, 6.07) is 8.55. The van der Waals surface area contributed by atoms with Crippen LogP contribution in [0.15, 0.2) is 30.5 Å². The molecule has 84 valence electrons. The molecule has 0 fully saturated rings. The van der Waals surface area contributed by atoms with Gasteiger partial charge in [-0.2, -0.15) is 5.10 Å². The standard InChI is InChI=1S/C13H17N3/c1-10-4-6-11(7-5-10)13-12(8-14-2)9-15-16(13)3/h4-7,9,14H,8H2,1-3H3. The Bertz CT molecular complexity index is 468. The van der Waals surface area contributed by atoms with Crippen LogP contribution >= 0.6 is 0 Å². The van der Waals surface area contributed by atoms with Gasteiger partial charge in [0.15, 0.2) is 0 Å². The summed E-state index contributed by atoms with van der Waals surface area (Å²) in [5.74, 6) is 0. The molecule has 16 heavy (non-hydrogen) atoms. The predicted octanol–water partition coefficient (Wildman–Crippen LogP) is 2.11. The van der Waals surface area contributed by atoms with Crippen molar-refractivity contribution >= 4 is 0 Å². The van der Waals surface area contributed by atoms with E-state index in [4.69, 9.17) is 0 Å². The molecule has 1 aromatic heterocycles. The molecule has 1 heterocycles. The molecule has 0 aliphatic heterocycles. The van der Waals surface area contributed by atoms with Crippen LogP contribution in [0.1, 0.15) is 11.1 Å². The van der Waals surface area contributed by atoms with Crippen molar-refractivity contribution in [3.05, 3.63) is 41.6 Å². The van der Waals surface area contributed by atoms with E-state index in [-0.39, 0.29) is 0 Å². The van der Waals surface area contributed by atoms with Gasteiger partial charge in [-0.25, -0.2) is 0 Å². The van der Waals surface area contributed by atoms with Gasteiger partial charge in [0.05, 0.1) is 11.9 Å². The molecule has 1 aromatic carbocycles. The summed E-state index contributed by atoms with van der Waals surface area (Å²) in [7, 11) is 3.93. The van der Waals surface area contributed by atoms with Gasteiger partial charge in [0.2, 0.25) is 0 Å². The second-order valence-corrected chi connectivity index (χ2v) is 4.04. The van der Waals surface area contributed by atoms with Crippen LogP contribution in [0.2, 0.25) is 0 Å². The molecule has 0 amide bonds. The summed E-state index contributed by atoms with van der Waals surface area (Å²) in [4.78, 5) is 0. The van der Waals surface area contributed by atoms with Crippen molar-refractivity contribution in [1.82, 2.24) is 15.1 Å². The van der Waals surface area contributed by atoms with E-state index >= 15 is 0 Å². The molecule has 1 N–H and O–H groups in total. The van der Waals surface area contributed by atoms with Crippen molar-refractivity contribution in [3.8, 4) is 11.3 Å². The highest BCUT2D eigenvalue weighted by atomic mass is 15.3. The lowest BCUT2D eigenvalue weighted by Gasteiger charge is -2.06. The van der Waals surface area contributed by atoms with E-state index in [2.05, 4.69) is 41.6 Å². The van der Waals surface area contributed by atoms with Gasteiger partial charge < -0.3 is 5.32 Å². The lowest BCUT2D eigenvalue weighted by molar-refractivity contribution is 0.773. The van der Waals surface area contributed by atoms with Crippen LogP contribution in [-0.2, 0) is 13.6 Å². The summed E-state index contributed by atoms with van der Waals surface area (Å²) in [6.07, 6.45) is 1.92. The first-order valence-corrected chi connectivity index (χ1v) is 5.45. The summed E-state index contributed by atoms with van der Waals surface area (Å²) in [5.41, 5.74) is 4.92. The maximum absolute atomic E-state index is 4.31. The van der Waals surface area contributed by atoms with Gasteiger partial charge in [0.25, 0.3) is 0 Å². The molecule has 0 radical (unpaired) electrons. The first kappa shape index (κ1) is 10.9. The Labute approximate surface area is 96.1 Å². The topological polar surface area (TPSA) is 29.9 Å². The summed E-state index contributed by atoms with van der Waals surface area (Å²) in [5, 5.41) is 7.48. The first-order chi connectivity index (χ1) is 7.72. The van der Waals surface area contributed by atoms with E-state index in [1.54, 1.807) is 0 Å². The number of rotatable bonds is 3. The van der Waals surface area contributed by atoms with Gasteiger partial charge in [-0.3, -0.25) is 4.68 Å². The molecular weight excluding hydrogens is 198 g/mol. The number of hydrogen-bond acceptors (Lipinski definition) is 2. The lowest BCUT2D eigenvalue weighted by Crippen LogP contribution is -2.06. The monoisotopic (exact) mass is 215 g/mol. The van der Waals surface area contributed by atoms with Gasteiger partial charge in [-0.15, -0.1) is 0 Å². The Morgan fingerprint density at radius 3 is 2.56 bits per heavy atom. The minimum atomic E-state index is 0.844. The van der Waals surface area contributed by atoms with Crippen LogP contribution in [0.4, 0.5) is 0 Å². The van der Waals surface area contributed by atoms with E-state index in [0.29, 0.717) is 0 Å². The highest BCUT2D eigenvalue weighted by Gasteiger charge is 2.09. The zero-order valence-electron chi connectivity index (χ0n) is 9.99. The number of hydrogen-bond donors (Lipinski definition) is 1. The zero-order chi connectivity index (χ0) is 11.5. The quantitative estimate of drug-likeness (QED) is 0.850. The maximum atomic E-state index is 4.31. The molecule has 0 saturated heterocycles. The molecule has 0 aliphatic rings. The minimum absolute atomic E-state index is 0.844. The molecule has 0 aliphatic carbocycles. The van der Waals surface area contributed by atoms with Crippen LogP contribution in [-0.4, -0.2) is 16.8 Å². The van der Waals surface area contributed by atoms with E-state index in [1.807, 2.05) is 25.0 Å². The average Bonchev–Trinajstić information content (AvgIpc) is 2.62. The van der Waals surface area contributed by atoms with Gasteiger partial charge in [0.1, 0.15) is 0 Å². The summed E-state index contributed by atoms with van der Waals surface area (Å²) < 4.78 is 1.93. The van der Waals surface area contributed by atoms with Gasteiger partial charge in [-0.05, 0) is 14.0 Å². The smallest absolute Gasteiger partial charge is 0.0723 e. The third-order valence-electron chi connectivity index (χ3n) is 2.71. The molecule has 2 aromatic rings. The van der Waals surface area contributed by atoms with Gasteiger partial charge >= 0.3 is 0 Å². The van der Waals surface area contributed by atoms with Crippen molar-refractivity contribution < 1.29 is 0 Å². The van der Waals surface area contributed by atoms with Crippen LogP contribution in [0.5, 0.6) is 0 Å². The SMILES string of the molecule is CNCc1cnn(C)c1-c1ccc(C)cc1. The third-order valence-corrected chi connectivity index (χ3v) is 2.71. The maximum Gasteiger partial charge on any atom is 0.0723 e. The average molecular weight is 215 g/mol. The highest BCUT2D eigenvalue weighted by Crippen LogP contribution is 2.23. The van der Waals surface area contributed by atoms with Crippen LogP contribution in [0.3, 0.4) is 0 Å². The molecule has 0 bridgehead atoms. The van der Waals surface area contributed by atoms with Crippen molar-refractivity contribution in [2.45, 2.75) is 13.5 Å². The highest BCUT2D eigenvalue weighted by molar-refractivity contribution is 5.63. The molecule has 3 heteroatoms. The number of aryl methyl sites for hydroxylation is 2. The zero-order valence-corrected chi connectivity index (χ0v) is 9.99. The Kier molecular flexibility index (Phi) is 3.06. The summed E-state index contributed by atoms with van der Waals surface area (Å²) >= 11 is 0. The van der Waals surface area contributed by atoms with Crippen molar-refractivity contribution in [2.24, 2.45) is 7.05 Å². The second kappa shape index (κ2) is 4.49. The van der Waals surface area contributed by atoms with Crippen LogP contribution in [0.25, 0.3) is 11.3 Å². The first-order valence-electron chi connectivity index (χ1n) is 5.45. The molecule has 0 atom stereocenters. The Morgan fingerprint density at radius 2 is 1.94 bits per heavy atom. The fraction of sp³-hybridized carbons (Fsp3) is 0.308. The molecular formula is C13H17N3. The Hall–Kier alpha value is -1.61. The Morgan fingerprint density at radius 1 is 1.25 bits per heavy atom. The van der Waals surface area contributed by atoms with Crippen molar-refractivity contribution in [1.29, 1.82) is 0 Å². The van der Waals surface area contributed by atoms with Gasteiger partial charge in [-0.1, -0.05) is 29.8 Å². The molecule has 2 rings (SSSR count). The van der Waals surface area contributed by atoms with E-state index in [9.17, 15) is 0 Å². The predicted molar refractivity (Wildman–Crippen MR) is 66.1 cm³/mol. The molecule has 0 unspecified atom stereocenters. The largest absolute Gasteiger partial charge is 0.316 e. The Balaban J connectivity index is 2.45. The fourth-order valence-electron chi connectivity index (χ4n) is 1.89. The van der Waals surface area contributed by atoms with E-state index < -0.39 is 0 Å². The molecule has 0 saturated carbocycles. The fourth-order valence-corrected chi connectivity index (χ4v) is 1.89. The van der Waals surface area contributed by atoms with Crippen molar-refractivity contribution in [3.63, 3.8) is 0 Å². The number of nitrogens with zero attached hydrogens (tertiary/aromatic N) is 2. The molecule has 0 spiro atoms. The lowest BCUT2D eigenvalue weighted by atomic mass is 10.1. The minimum Gasteiger partial charge on any atom is -0.316 e. The normalized spacial score (nSPS) is 10.7. The van der Waals surface area contributed by atoms with Gasteiger partial charge in [0, 0.05) is 24.7 Å².